The highest BCUT2D eigenvalue weighted by Gasteiger charge is 2.24. The van der Waals surface area contributed by atoms with Crippen LogP contribution in [0.2, 0.25) is 0 Å². The summed E-state index contributed by atoms with van der Waals surface area (Å²) in [6.45, 7) is 15.4. The van der Waals surface area contributed by atoms with Crippen molar-refractivity contribution in [2.75, 3.05) is 13.1 Å². The molecule has 1 aromatic carbocycles. The summed E-state index contributed by atoms with van der Waals surface area (Å²) in [7, 11) is 0. The van der Waals surface area contributed by atoms with E-state index in [-0.39, 0.29) is 11.5 Å². The molecule has 0 aliphatic carbocycles. The zero-order valence-corrected chi connectivity index (χ0v) is 14.0. The van der Waals surface area contributed by atoms with Crippen LogP contribution in [0, 0.1) is 5.92 Å². The molecule has 2 heteroatoms. The molecule has 114 valence electrons. The summed E-state index contributed by atoms with van der Waals surface area (Å²) in [5.74, 6) is 1.73. The summed E-state index contributed by atoms with van der Waals surface area (Å²) >= 11 is 0. The third-order valence-electron chi connectivity index (χ3n) is 3.46. The van der Waals surface area contributed by atoms with Gasteiger partial charge in [0.2, 0.25) is 0 Å². The molecule has 1 aromatic rings. The molecule has 2 nitrogen and oxygen atoms in total. The number of ether oxygens (including phenoxy) is 1. The molecule has 0 atom stereocenters. The van der Waals surface area contributed by atoms with E-state index >= 15 is 0 Å². The Morgan fingerprint density at radius 1 is 1.10 bits per heavy atom. The Morgan fingerprint density at radius 3 is 2.35 bits per heavy atom. The van der Waals surface area contributed by atoms with E-state index in [2.05, 4.69) is 65.1 Å². The Balaban J connectivity index is 2.70. The van der Waals surface area contributed by atoms with Crippen molar-refractivity contribution < 1.29 is 4.74 Å². The summed E-state index contributed by atoms with van der Waals surface area (Å²) in [6.07, 6.45) is 1.32. The second kappa shape index (κ2) is 7.68. The third-order valence-corrected chi connectivity index (χ3v) is 3.46. The van der Waals surface area contributed by atoms with Gasteiger partial charge in [0.25, 0.3) is 0 Å². The lowest BCUT2D eigenvalue weighted by Crippen LogP contribution is -2.28. The minimum absolute atomic E-state index is 0.120. The Morgan fingerprint density at radius 2 is 1.75 bits per heavy atom. The summed E-state index contributed by atoms with van der Waals surface area (Å²) in [5, 5.41) is 3.53. The van der Waals surface area contributed by atoms with Crippen molar-refractivity contribution in [2.24, 2.45) is 5.92 Å². The maximum absolute atomic E-state index is 5.96. The molecule has 0 saturated heterocycles. The fourth-order valence-corrected chi connectivity index (χ4v) is 2.31. The van der Waals surface area contributed by atoms with Gasteiger partial charge in [0.15, 0.2) is 0 Å². The number of nitrogens with one attached hydrogen (secondary N) is 1. The molecule has 0 bridgehead atoms. The van der Waals surface area contributed by atoms with Crippen LogP contribution in [0.3, 0.4) is 0 Å². The number of rotatable bonds is 8. The van der Waals surface area contributed by atoms with E-state index in [0.717, 1.165) is 25.3 Å². The van der Waals surface area contributed by atoms with Crippen LogP contribution < -0.4 is 10.1 Å². The van der Waals surface area contributed by atoms with Gasteiger partial charge >= 0.3 is 0 Å². The van der Waals surface area contributed by atoms with Crippen LogP contribution >= 0.6 is 0 Å². The van der Waals surface area contributed by atoms with Gasteiger partial charge in [-0.05, 0) is 56.3 Å². The highest BCUT2D eigenvalue weighted by Crippen LogP contribution is 2.34. The number of para-hydroxylation sites is 1. The van der Waals surface area contributed by atoms with E-state index < -0.39 is 0 Å². The van der Waals surface area contributed by atoms with Crippen LogP contribution in [0.25, 0.3) is 0 Å². The van der Waals surface area contributed by atoms with Gasteiger partial charge in [-0.2, -0.15) is 0 Å². The van der Waals surface area contributed by atoms with E-state index in [4.69, 9.17) is 4.74 Å². The van der Waals surface area contributed by atoms with Crippen LogP contribution in [0.15, 0.2) is 24.3 Å². The molecular weight excluding hydrogens is 246 g/mol. The molecule has 0 aliphatic rings. The molecule has 1 N–H and O–H groups in total. The van der Waals surface area contributed by atoms with E-state index in [1.807, 2.05) is 6.07 Å². The van der Waals surface area contributed by atoms with Crippen molar-refractivity contribution in [1.82, 2.24) is 5.32 Å². The lowest BCUT2D eigenvalue weighted by molar-refractivity contribution is 0.235. The first kappa shape index (κ1) is 17.0. The average Bonchev–Trinajstić information content (AvgIpc) is 2.34. The summed E-state index contributed by atoms with van der Waals surface area (Å²) in [5.41, 5.74) is 1.43. The molecule has 0 spiro atoms. The Labute approximate surface area is 124 Å². The fourth-order valence-electron chi connectivity index (χ4n) is 2.31. The van der Waals surface area contributed by atoms with Crippen molar-refractivity contribution >= 4 is 0 Å². The molecule has 0 unspecified atom stereocenters. The van der Waals surface area contributed by atoms with Crippen molar-refractivity contribution in [3.05, 3.63) is 29.8 Å². The van der Waals surface area contributed by atoms with Gasteiger partial charge in [-0.1, -0.05) is 45.9 Å². The van der Waals surface area contributed by atoms with Crippen LogP contribution in [-0.4, -0.2) is 19.2 Å². The van der Waals surface area contributed by atoms with Crippen LogP contribution in [0.4, 0.5) is 0 Å². The van der Waals surface area contributed by atoms with Gasteiger partial charge in [0, 0.05) is 0 Å². The largest absolute Gasteiger partial charge is 0.491 e. The SMILES string of the molecule is CC(C)CNCCC(C)(C)c1ccccc1OC(C)C. The first-order valence-electron chi connectivity index (χ1n) is 7.80. The van der Waals surface area contributed by atoms with Crippen molar-refractivity contribution in [1.29, 1.82) is 0 Å². The highest BCUT2D eigenvalue weighted by atomic mass is 16.5. The topological polar surface area (TPSA) is 21.3 Å². The monoisotopic (exact) mass is 277 g/mol. The van der Waals surface area contributed by atoms with Crippen LogP contribution in [0.5, 0.6) is 5.75 Å². The highest BCUT2D eigenvalue weighted by molar-refractivity contribution is 5.39. The predicted octanol–water partition coefficient (Wildman–Crippen LogP) is 4.39. The second-order valence-electron chi connectivity index (χ2n) is 6.89. The maximum Gasteiger partial charge on any atom is 0.123 e. The fraction of sp³-hybridized carbons (Fsp3) is 0.667. The number of benzene rings is 1. The molecule has 0 aromatic heterocycles. The van der Waals surface area contributed by atoms with Gasteiger partial charge in [0.1, 0.15) is 5.75 Å². The number of hydrogen-bond donors (Lipinski definition) is 1. The molecular formula is C18H31NO. The normalized spacial score (nSPS) is 12.2. The zero-order chi connectivity index (χ0) is 15.2. The van der Waals surface area contributed by atoms with Crippen molar-refractivity contribution in [3.63, 3.8) is 0 Å². The smallest absolute Gasteiger partial charge is 0.123 e. The minimum Gasteiger partial charge on any atom is -0.491 e. The van der Waals surface area contributed by atoms with Crippen molar-refractivity contribution in [2.45, 2.75) is 59.5 Å². The first-order chi connectivity index (χ1) is 9.33. The van der Waals surface area contributed by atoms with Gasteiger partial charge in [-0.3, -0.25) is 0 Å². The van der Waals surface area contributed by atoms with Gasteiger partial charge in [0.05, 0.1) is 6.10 Å². The second-order valence-corrected chi connectivity index (χ2v) is 6.89. The standard InChI is InChI=1S/C18H31NO/c1-14(2)13-19-12-11-18(5,6)16-9-7-8-10-17(16)20-15(3)4/h7-10,14-15,19H,11-13H2,1-6H3. The van der Waals surface area contributed by atoms with E-state index in [0.29, 0.717) is 5.92 Å². The van der Waals surface area contributed by atoms with Gasteiger partial charge in [-0.15, -0.1) is 0 Å². The molecule has 0 amide bonds. The molecule has 0 heterocycles. The molecule has 0 saturated carbocycles. The minimum atomic E-state index is 0.120. The lowest BCUT2D eigenvalue weighted by atomic mass is 9.81. The van der Waals surface area contributed by atoms with Crippen LogP contribution in [0.1, 0.15) is 53.5 Å². The van der Waals surface area contributed by atoms with Crippen LogP contribution in [-0.2, 0) is 5.41 Å². The summed E-state index contributed by atoms with van der Waals surface area (Å²) in [6, 6.07) is 8.43. The van der Waals surface area contributed by atoms with E-state index in [9.17, 15) is 0 Å². The quantitative estimate of drug-likeness (QED) is 0.712. The zero-order valence-electron chi connectivity index (χ0n) is 14.0. The molecule has 0 fully saturated rings. The summed E-state index contributed by atoms with van der Waals surface area (Å²) in [4.78, 5) is 0. The molecule has 20 heavy (non-hydrogen) atoms. The van der Waals surface area contributed by atoms with Gasteiger partial charge in [-0.25, -0.2) is 0 Å². The van der Waals surface area contributed by atoms with Crippen molar-refractivity contribution in [3.8, 4) is 5.75 Å². The lowest BCUT2D eigenvalue weighted by Gasteiger charge is -2.28. The maximum atomic E-state index is 5.96. The Hall–Kier alpha value is -1.02. The van der Waals surface area contributed by atoms with Gasteiger partial charge < -0.3 is 10.1 Å². The van der Waals surface area contributed by atoms with E-state index in [1.165, 1.54) is 5.56 Å². The summed E-state index contributed by atoms with van der Waals surface area (Å²) < 4.78 is 5.96. The van der Waals surface area contributed by atoms with E-state index in [1.54, 1.807) is 0 Å². The Bertz CT molecular complexity index is 396. The molecule has 0 aliphatic heterocycles. The number of hydrogen-bond acceptors (Lipinski definition) is 2. The molecule has 0 radical (unpaired) electrons. The first-order valence-corrected chi connectivity index (χ1v) is 7.80. The average molecular weight is 277 g/mol. The third kappa shape index (κ3) is 5.54. The molecule has 1 rings (SSSR count). The Kier molecular flexibility index (Phi) is 6.54. The predicted molar refractivity (Wildman–Crippen MR) is 87.6 cm³/mol.